The van der Waals surface area contributed by atoms with Gasteiger partial charge in [0.15, 0.2) is 0 Å². The fourth-order valence-electron chi connectivity index (χ4n) is 1.51. The molecular formula is C13H9BrN2O. The molecular weight excluding hydrogens is 280 g/mol. The first-order chi connectivity index (χ1) is 8.19. The predicted molar refractivity (Wildman–Crippen MR) is 68.7 cm³/mol. The topological polar surface area (TPSA) is 45.8 Å². The maximum absolute atomic E-state index is 11.6. The van der Waals surface area contributed by atoms with Gasteiger partial charge in [-0.05, 0) is 39.7 Å². The lowest BCUT2D eigenvalue weighted by molar-refractivity contribution is 0.756. The number of rotatable bonds is 2. The van der Waals surface area contributed by atoms with E-state index in [9.17, 15) is 4.79 Å². The summed E-state index contributed by atoms with van der Waals surface area (Å²) in [6, 6.07) is 12.5. The normalized spacial score (nSPS) is 9.88. The molecule has 0 aliphatic heterocycles. The van der Waals surface area contributed by atoms with Crippen LogP contribution in [0.3, 0.4) is 0 Å². The summed E-state index contributed by atoms with van der Waals surface area (Å²) in [4.78, 5) is 11.6. The molecule has 1 aromatic heterocycles. The van der Waals surface area contributed by atoms with Crippen molar-refractivity contribution in [3.63, 3.8) is 0 Å². The van der Waals surface area contributed by atoms with E-state index in [4.69, 9.17) is 5.26 Å². The van der Waals surface area contributed by atoms with Gasteiger partial charge in [0.25, 0.3) is 5.56 Å². The van der Waals surface area contributed by atoms with Crippen molar-refractivity contribution in [1.29, 1.82) is 5.26 Å². The molecule has 0 atom stereocenters. The fraction of sp³-hybridized carbons (Fsp3) is 0.0769. The Morgan fingerprint density at radius 1 is 1.18 bits per heavy atom. The summed E-state index contributed by atoms with van der Waals surface area (Å²) in [5.74, 6) is 0. The molecule has 0 saturated heterocycles. The van der Waals surface area contributed by atoms with E-state index in [2.05, 4.69) is 22.0 Å². The molecule has 0 unspecified atom stereocenters. The van der Waals surface area contributed by atoms with Crippen LogP contribution in [0.4, 0.5) is 0 Å². The van der Waals surface area contributed by atoms with Crippen LogP contribution >= 0.6 is 15.9 Å². The van der Waals surface area contributed by atoms with E-state index in [1.165, 1.54) is 6.07 Å². The summed E-state index contributed by atoms with van der Waals surface area (Å²) in [5.41, 5.74) is 1.57. The Labute approximate surface area is 107 Å². The van der Waals surface area contributed by atoms with Crippen LogP contribution in [0.25, 0.3) is 0 Å². The maximum Gasteiger partial charge on any atom is 0.250 e. The second kappa shape index (κ2) is 4.98. The molecule has 0 aliphatic carbocycles. The summed E-state index contributed by atoms with van der Waals surface area (Å²) in [7, 11) is 0. The highest BCUT2D eigenvalue weighted by Crippen LogP contribution is 2.08. The molecule has 4 heteroatoms. The van der Waals surface area contributed by atoms with Crippen LogP contribution < -0.4 is 5.56 Å². The Hall–Kier alpha value is -1.86. The third-order valence-electron chi connectivity index (χ3n) is 2.38. The van der Waals surface area contributed by atoms with Gasteiger partial charge in [0.05, 0.1) is 18.2 Å². The zero-order valence-corrected chi connectivity index (χ0v) is 10.5. The summed E-state index contributed by atoms with van der Waals surface area (Å²) >= 11 is 3.33. The highest BCUT2D eigenvalue weighted by Gasteiger charge is 1.99. The fourth-order valence-corrected chi connectivity index (χ4v) is 1.89. The van der Waals surface area contributed by atoms with Gasteiger partial charge in [-0.25, -0.2) is 0 Å². The minimum absolute atomic E-state index is 0.0439. The zero-order valence-electron chi connectivity index (χ0n) is 8.93. The average molecular weight is 289 g/mol. The van der Waals surface area contributed by atoms with Crippen molar-refractivity contribution in [1.82, 2.24) is 4.57 Å². The minimum Gasteiger partial charge on any atom is -0.310 e. The number of benzene rings is 1. The molecule has 0 radical (unpaired) electrons. The molecule has 17 heavy (non-hydrogen) atoms. The highest BCUT2D eigenvalue weighted by atomic mass is 79.9. The number of nitriles is 1. The molecule has 0 N–H and O–H groups in total. The molecule has 0 bridgehead atoms. The quantitative estimate of drug-likeness (QED) is 0.852. The van der Waals surface area contributed by atoms with E-state index < -0.39 is 0 Å². The Morgan fingerprint density at radius 2 is 1.88 bits per heavy atom. The summed E-state index contributed by atoms with van der Waals surface area (Å²) in [6.45, 7) is 0.504. The Balaban J connectivity index is 2.28. The molecule has 0 amide bonds. The van der Waals surface area contributed by atoms with Crippen molar-refractivity contribution in [2.45, 2.75) is 6.54 Å². The third kappa shape index (κ3) is 2.83. The number of aromatic nitrogens is 1. The summed E-state index contributed by atoms with van der Waals surface area (Å²) < 4.78 is 2.48. The van der Waals surface area contributed by atoms with Gasteiger partial charge in [-0.3, -0.25) is 4.79 Å². The lowest BCUT2D eigenvalue weighted by atomic mass is 10.1. The van der Waals surface area contributed by atoms with Gasteiger partial charge < -0.3 is 4.57 Å². The van der Waals surface area contributed by atoms with E-state index in [0.29, 0.717) is 12.1 Å². The lowest BCUT2D eigenvalue weighted by Gasteiger charge is -2.05. The van der Waals surface area contributed by atoms with Crippen molar-refractivity contribution >= 4 is 15.9 Å². The van der Waals surface area contributed by atoms with Gasteiger partial charge >= 0.3 is 0 Å². The zero-order chi connectivity index (χ0) is 12.3. The van der Waals surface area contributed by atoms with Crippen LogP contribution in [-0.2, 0) is 6.54 Å². The Bertz CT molecular complexity index is 623. The first-order valence-electron chi connectivity index (χ1n) is 5.04. The van der Waals surface area contributed by atoms with E-state index in [1.54, 1.807) is 29.0 Å². The summed E-state index contributed by atoms with van der Waals surface area (Å²) in [6.07, 6.45) is 1.75. The summed E-state index contributed by atoms with van der Waals surface area (Å²) in [5, 5.41) is 8.69. The molecule has 0 saturated carbocycles. The predicted octanol–water partition coefficient (Wildman–Crippen LogP) is 2.53. The van der Waals surface area contributed by atoms with Crippen LogP contribution in [0.5, 0.6) is 0 Å². The monoisotopic (exact) mass is 288 g/mol. The molecule has 0 aliphatic rings. The van der Waals surface area contributed by atoms with Crippen LogP contribution in [0, 0.1) is 11.3 Å². The van der Waals surface area contributed by atoms with Crippen molar-refractivity contribution in [3.8, 4) is 6.07 Å². The third-order valence-corrected chi connectivity index (χ3v) is 2.85. The van der Waals surface area contributed by atoms with Gasteiger partial charge in [-0.2, -0.15) is 5.26 Å². The van der Waals surface area contributed by atoms with E-state index in [0.717, 1.165) is 10.0 Å². The van der Waals surface area contributed by atoms with Gasteiger partial charge in [-0.15, -0.1) is 0 Å². The molecule has 1 aromatic carbocycles. The van der Waals surface area contributed by atoms with Crippen molar-refractivity contribution in [3.05, 3.63) is 68.5 Å². The van der Waals surface area contributed by atoms with Crippen LogP contribution in [0.1, 0.15) is 11.1 Å². The Kier molecular flexibility index (Phi) is 3.40. The Morgan fingerprint density at radius 3 is 2.53 bits per heavy atom. The molecule has 0 fully saturated rings. The van der Waals surface area contributed by atoms with Gasteiger partial charge in [0.2, 0.25) is 0 Å². The second-order valence-corrected chi connectivity index (χ2v) is 4.54. The molecule has 1 heterocycles. The van der Waals surface area contributed by atoms with Crippen LogP contribution in [-0.4, -0.2) is 4.57 Å². The van der Waals surface area contributed by atoms with Crippen molar-refractivity contribution in [2.24, 2.45) is 0 Å². The number of nitrogens with zero attached hydrogens (tertiary/aromatic N) is 2. The second-order valence-electron chi connectivity index (χ2n) is 3.62. The first-order valence-corrected chi connectivity index (χ1v) is 5.83. The molecule has 3 nitrogen and oxygen atoms in total. The standard InChI is InChI=1S/C13H9BrN2O/c14-12-5-6-13(17)16(9-12)8-11-3-1-10(7-15)2-4-11/h1-6,9H,8H2. The number of halogens is 1. The van der Waals surface area contributed by atoms with Crippen LogP contribution in [0.2, 0.25) is 0 Å². The van der Waals surface area contributed by atoms with E-state index in [1.807, 2.05) is 12.1 Å². The average Bonchev–Trinajstić information content (AvgIpc) is 2.35. The molecule has 2 aromatic rings. The largest absolute Gasteiger partial charge is 0.310 e. The van der Waals surface area contributed by atoms with Gasteiger partial charge in [0, 0.05) is 16.7 Å². The number of hydrogen-bond acceptors (Lipinski definition) is 2. The highest BCUT2D eigenvalue weighted by molar-refractivity contribution is 9.10. The lowest BCUT2D eigenvalue weighted by Crippen LogP contribution is -2.18. The number of pyridine rings is 1. The van der Waals surface area contributed by atoms with Gasteiger partial charge in [0.1, 0.15) is 0 Å². The van der Waals surface area contributed by atoms with Crippen LogP contribution in [0.15, 0.2) is 51.9 Å². The van der Waals surface area contributed by atoms with E-state index >= 15 is 0 Å². The van der Waals surface area contributed by atoms with Crippen molar-refractivity contribution < 1.29 is 0 Å². The minimum atomic E-state index is -0.0439. The molecule has 84 valence electrons. The first kappa shape index (κ1) is 11.6. The van der Waals surface area contributed by atoms with E-state index in [-0.39, 0.29) is 5.56 Å². The number of hydrogen-bond donors (Lipinski definition) is 0. The smallest absolute Gasteiger partial charge is 0.250 e. The molecule has 2 rings (SSSR count). The van der Waals surface area contributed by atoms with Gasteiger partial charge in [-0.1, -0.05) is 12.1 Å². The SMILES string of the molecule is N#Cc1ccc(Cn2cc(Br)ccc2=O)cc1. The maximum atomic E-state index is 11.6. The van der Waals surface area contributed by atoms with Crippen molar-refractivity contribution in [2.75, 3.05) is 0 Å². The molecule has 0 spiro atoms.